The highest BCUT2D eigenvalue weighted by Gasteiger charge is 2.11. The van der Waals surface area contributed by atoms with E-state index in [1.807, 2.05) is 6.20 Å². The van der Waals surface area contributed by atoms with Crippen LogP contribution < -0.4 is 0 Å². The first-order valence-electron chi connectivity index (χ1n) is 5.69. The maximum absolute atomic E-state index is 10.5. The SMILES string of the molecule is O=C(O)Cn1cc(CN2CCCCC2)cn1. The Hall–Kier alpha value is -1.36. The third-order valence-electron chi connectivity index (χ3n) is 2.84. The van der Waals surface area contributed by atoms with Crippen molar-refractivity contribution in [1.29, 1.82) is 0 Å². The highest BCUT2D eigenvalue weighted by atomic mass is 16.4. The van der Waals surface area contributed by atoms with Gasteiger partial charge in [0.2, 0.25) is 0 Å². The van der Waals surface area contributed by atoms with Gasteiger partial charge in [0.15, 0.2) is 0 Å². The van der Waals surface area contributed by atoms with Crippen molar-refractivity contribution in [2.75, 3.05) is 13.1 Å². The van der Waals surface area contributed by atoms with E-state index in [4.69, 9.17) is 5.11 Å². The van der Waals surface area contributed by atoms with Gasteiger partial charge in [-0.25, -0.2) is 0 Å². The van der Waals surface area contributed by atoms with Gasteiger partial charge in [-0.05, 0) is 25.9 Å². The maximum atomic E-state index is 10.5. The van der Waals surface area contributed by atoms with Crippen LogP contribution in [-0.4, -0.2) is 38.8 Å². The van der Waals surface area contributed by atoms with Crippen molar-refractivity contribution < 1.29 is 9.90 Å². The minimum absolute atomic E-state index is 0.0556. The molecule has 1 aromatic rings. The van der Waals surface area contributed by atoms with Gasteiger partial charge in [-0.2, -0.15) is 5.10 Å². The minimum Gasteiger partial charge on any atom is -0.480 e. The van der Waals surface area contributed by atoms with Crippen LogP contribution in [0.2, 0.25) is 0 Å². The van der Waals surface area contributed by atoms with E-state index in [0.29, 0.717) is 0 Å². The van der Waals surface area contributed by atoms with Crippen molar-refractivity contribution in [3.63, 3.8) is 0 Å². The zero-order valence-corrected chi connectivity index (χ0v) is 9.30. The molecule has 0 amide bonds. The smallest absolute Gasteiger partial charge is 0.325 e. The van der Waals surface area contributed by atoms with E-state index >= 15 is 0 Å². The molecule has 88 valence electrons. The molecule has 1 aromatic heterocycles. The fraction of sp³-hybridized carbons (Fsp3) is 0.636. The highest BCUT2D eigenvalue weighted by molar-refractivity contribution is 5.66. The zero-order valence-electron chi connectivity index (χ0n) is 9.30. The molecular formula is C11H17N3O2. The van der Waals surface area contributed by atoms with E-state index in [9.17, 15) is 4.79 Å². The predicted octanol–water partition coefficient (Wildman–Crippen LogP) is 0.954. The number of hydrogen-bond acceptors (Lipinski definition) is 3. The summed E-state index contributed by atoms with van der Waals surface area (Å²) in [5, 5.41) is 12.7. The van der Waals surface area contributed by atoms with Crippen molar-refractivity contribution in [1.82, 2.24) is 14.7 Å². The van der Waals surface area contributed by atoms with Crippen molar-refractivity contribution in [2.45, 2.75) is 32.4 Å². The van der Waals surface area contributed by atoms with Crippen LogP contribution in [0.1, 0.15) is 24.8 Å². The number of aliphatic carboxylic acids is 1. The average Bonchev–Trinajstić information content (AvgIpc) is 2.66. The maximum Gasteiger partial charge on any atom is 0.325 e. The van der Waals surface area contributed by atoms with Crippen molar-refractivity contribution in [2.24, 2.45) is 0 Å². The van der Waals surface area contributed by atoms with Crippen molar-refractivity contribution in [3.8, 4) is 0 Å². The predicted molar refractivity (Wildman–Crippen MR) is 59.0 cm³/mol. The Kier molecular flexibility index (Phi) is 3.56. The molecular weight excluding hydrogens is 206 g/mol. The Morgan fingerprint density at radius 1 is 1.38 bits per heavy atom. The van der Waals surface area contributed by atoms with E-state index in [0.717, 1.165) is 25.2 Å². The van der Waals surface area contributed by atoms with Crippen molar-refractivity contribution >= 4 is 5.97 Å². The second kappa shape index (κ2) is 5.12. The van der Waals surface area contributed by atoms with Crippen LogP contribution in [0, 0.1) is 0 Å². The molecule has 0 saturated carbocycles. The Bertz CT molecular complexity index is 356. The molecule has 0 radical (unpaired) electrons. The largest absolute Gasteiger partial charge is 0.480 e. The van der Waals surface area contributed by atoms with Gasteiger partial charge in [0.05, 0.1) is 6.20 Å². The average molecular weight is 223 g/mol. The first-order chi connectivity index (χ1) is 7.74. The van der Waals surface area contributed by atoms with Gasteiger partial charge >= 0.3 is 5.97 Å². The molecule has 2 rings (SSSR count). The van der Waals surface area contributed by atoms with Crippen LogP contribution in [0.15, 0.2) is 12.4 Å². The van der Waals surface area contributed by atoms with Crippen LogP contribution in [0.3, 0.4) is 0 Å². The topological polar surface area (TPSA) is 58.4 Å². The fourth-order valence-corrected chi connectivity index (χ4v) is 2.09. The molecule has 0 aromatic carbocycles. The number of carbonyl (C=O) groups is 1. The second-order valence-corrected chi connectivity index (χ2v) is 4.28. The number of aromatic nitrogens is 2. The van der Waals surface area contributed by atoms with Gasteiger partial charge in [0.25, 0.3) is 0 Å². The first kappa shape index (κ1) is 11.1. The van der Waals surface area contributed by atoms with Gasteiger partial charge in [0.1, 0.15) is 6.54 Å². The number of carboxylic acid groups (broad SMARTS) is 1. The van der Waals surface area contributed by atoms with Gasteiger partial charge < -0.3 is 5.11 Å². The van der Waals surface area contributed by atoms with Crippen LogP contribution in [0.25, 0.3) is 0 Å². The Labute approximate surface area is 94.7 Å². The quantitative estimate of drug-likeness (QED) is 0.825. The lowest BCUT2D eigenvalue weighted by atomic mass is 10.1. The normalized spacial score (nSPS) is 17.5. The molecule has 1 N–H and O–H groups in total. The number of hydrogen-bond donors (Lipinski definition) is 1. The van der Waals surface area contributed by atoms with Crippen LogP contribution in [-0.2, 0) is 17.9 Å². The minimum atomic E-state index is -0.854. The molecule has 1 aliphatic rings. The van der Waals surface area contributed by atoms with Crippen LogP contribution in [0.4, 0.5) is 0 Å². The Balaban J connectivity index is 1.88. The molecule has 0 aliphatic carbocycles. The molecule has 5 nitrogen and oxygen atoms in total. The second-order valence-electron chi connectivity index (χ2n) is 4.28. The summed E-state index contributed by atoms with van der Waals surface area (Å²) < 4.78 is 1.47. The molecule has 0 atom stereocenters. The molecule has 2 heterocycles. The summed E-state index contributed by atoms with van der Waals surface area (Å²) in [7, 11) is 0. The summed E-state index contributed by atoms with van der Waals surface area (Å²) in [5.41, 5.74) is 1.10. The number of nitrogens with zero attached hydrogens (tertiary/aromatic N) is 3. The molecule has 0 spiro atoms. The first-order valence-corrected chi connectivity index (χ1v) is 5.69. The molecule has 1 fully saturated rings. The van der Waals surface area contributed by atoms with Crippen LogP contribution >= 0.6 is 0 Å². The number of carboxylic acids is 1. The van der Waals surface area contributed by atoms with E-state index in [2.05, 4.69) is 10.00 Å². The fourth-order valence-electron chi connectivity index (χ4n) is 2.09. The van der Waals surface area contributed by atoms with E-state index in [1.54, 1.807) is 6.20 Å². The van der Waals surface area contributed by atoms with Gasteiger partial charge in [0, 0.05) is 18.3 Å². The molecule has 16 heavy (non-hydrogen) atoms. The van der Waals surface area contributed by atoms with Crippen LogP contribution in [0.5, 0.6) is 0 Å². The lowest BCUT2D eigenvalue weighted by Crippen LogP contribution is -2.28. The third-order valence-corrected chi connectivity index (χ3v) is 2.84. The van der Waals surface area contributed by atoms with Crippen molar-refractivity contribution in [3.05, 3.63) is 18.0 Å². The zero-order chi connectivity index (χ0) is 11.4. The summed E-state index contributed by atoms with van der Waals surface area (Å²) in [4.78, 5) is 12.9. The van der Waals surface area contributed by atoms with E-state index in [1.165, 1.54) is 23.9 Å². The lowest BCUT2D eigenvalue weighted by molar-refractivity contribution is -0.137. The summed E-state index contributed by atoms with van der Waals surface area (Å²) in [6, 6.07) is 0. The molecule has 0 bridgehead atoms. The van der Waals surface area contributed by atoms with E-state index < -0.39 is 5.97 Å². The molecule has 0 unspecified atom stereocenters. The Morgan fingerprint density at radius 3 is 2.81 bits per heavy atom. The standard InChI is InChI=1S/C11H17N3O2/c15-11(16)9-14-8-10(6-12-14)7-13-4-2-1-3-5-13/h6,8H,1-5,7,9H2,(H,15,16). The number of rotatable bonds is 4. The highest BCUT2D eigenvalue weighted by Crippen LogP contribution is 2.12. The Morgan fingerprint density at radius 2 is 2.12 bits per heavy atom. The molecule has 5 heteroatoms. The summed E-state index contributed by atoms with van der Waals surface area (Å²) in [6.07, 6.45) is 7.45. The summed E-state index contributed by atoms with van der Waals surface area (Å²) >= 11 is 0. The van der Waals surface area contributed by atoms with Gasteiger partial charge in [-0.15, -0.1) is 0 Å². The summed E-state index contributed by atoms with van der Waals surface area (Å²) in [5.74, 6) is -0.854. The molecule has 1 saturated heterocycles. The number of piperidine rings is 1. The van der Waals surface area contributed by atoms with E-state index in [-0.39, 0.29) is 6.54 Å². The molecule has 1 aliphatic heterocycles. The summed E-state index contributed by atoms with van der Waals surface area (Å²) in [6.45, 7) is 3.12. The van der Waals surface area contributed by atoms with Gasteiger partial charge in [-0.1, -0.05) is 6.42 Å². The lowest BCUT2D eigenvalue weighted by Gasteiger charge is -2.25. The van der Waals surface area contributed by atoms with Gasteiger partial charge in [-0.3, -0.25) is 14.4 Å². The third kappa shape index (κ3) is 3.06. The monoisotopic (exact) mass is 223 g/mol. The number of likely N-dealkylation sites (tertiary alicyclic amines) is 1.